The molecule has 1 saturated heterocycles. The largest absolute Gasteiger partial charge is 0.390 e. The first-order valence-corrected chi connectivity index (χ1v) is 7.01. The number of ether oxygens (including phenoxy) is 2. The Labute approximate surface area is 110 Å². The Kier molecular flexibility index (Phi) is 4.15. The summed E-state index contributed by atoms with van der Waals surface area (Å²) in [7, 11) is 1.68. The number of aliphatic hydroxyl groups excluding tert-OH is 1. The molecule has 18 heavy (non-hydrogen) atoms. The van der Waals surface area contributed by atoms with Crippen LogP contribution in [0.3, 0.4) is 0 Å². The molecule has 2 fully saturated rings. The zero-order valence-corrected chi connectivity index (χ0v) is 12.0. The lowest BCUT2D eigenvalue weighted by Gasteiger charge is -2.23. The molecular weight excluding hydrogens is 228 g/mol. The quantitative estimate of drug-likeness (QED) is 0.605. The highest BCUT2D eigenvalue weighted by Gasteiger charge is 2.62. The second-order valence-electron chi connectivity index (χ2n) is 6.22. The van der Waals surface area contributed by atoms with Crippen molar-refractivity contribution in [2.45, 2.75) is 57.8 Å². The number of aliphatic hydroxyl groups is 1. The van der Waals surface area contributed by atoms with Crippen LogP contribution in [0, 0.1) is 11.8 Å². The number of hydrogen-bond donors (Lipinski definition) is 1. The second-order valence-corrected chi connectivity index (χ2v) is 6.22. The van der Waals surface area contributed by atoms with Crippen LogP contribution >= 0.6 is 0 Å². The Morgan fingerprint density at radius 2 is 2.22 bits per heavy atom. The van der Waals surface area contributed by atoms with Gasteiger partial charge in [-0.2, -0.15) is 0 Å². The lowest BCUT2D eigenvalue weighted by molar-refractivity contribution is -0.00776. The van der Waals surface area contributed by atoms with E-state index in [1.54, 1.807) is 7.11 Å². The zero-order chi connectivity index (χ0) is 13.3. The maximum absolute atomic E-state index is 10.1. The molecule has 1 aliphatic heterocycles. The van der Waals surface area contributed by atoms with Crippen molar-refractivity contribution in [2.24, 2.45) is 11.8 Å². The lowest BCUT2D eigenvalue weighted by atomic mass is 9.87. The van der Waals surface area contributed by atoms with Crippen LogP contribution in [0.1, 0.15) is 40.0 Å². The molecule has 0 radical (unpaired) electrons. The summed E-state index contributed by atoms with van der Waals surface area (Å²) < 4.78 is 11.1. The molecular formula is C15H26O3. The van der Waals surface area contributed by atoms with Gasteiger partial charge >= 0.3 is 0 Å². The van der Waals surface area contributed by atoms with E-state index < -0.39 is 6.10 Å². The van der Waals surface area contributed by atoms with Gasteiger partial charge in [0.15, 0.2) is 0 Å². The topological polar surface area (TPSA) is 42.0 Å². The Hall–Kier alpha value is -0.380. The molecule has 0 unspecified atom stereocenters. The van der Waals surface area contributed by atoms with E-state index in [1.807, 2.05) is 0 Å². The standard InChI is InChI=1S/C15H26O3/c1-10(2)6-5-7-11(3)13-14(17-4)12(16)8-15(13)9-18-15/h7,10,12-14,16H,5-6,8-9H2,1-4H3/b11-7+/t12-,13+,14-,15+/m1/s1. The summed E-state index contributed by atoms with van der Waals surface area (Å²) in [6.07, 6.45) is 4.82. The molecule has 104 valence electrons. The fourth-order valence-electron chi connectivity index (χ4n) is 3.25. The monoisotopic (exact) mass is 254 g/mol. The minimum Gasteiger partial charge on any atom is -0.390 e. The molecule has 1 spiro atoms. The van der Waals surface area contributed by atoms with Crippen LogP contribution in [-0.4, -0.2) is 36.6 Å². The Morgan fingerprint density at radius 1 is 1.56 bits per heavy atom. The summed E-state index contributed by atoms with van der Waals surface area (Å²) in [4.78, 5) is 0. The average Bonchev–Trinajstić information content (AvgIpc) is 2.97. The van der Waals surface area contributed by atoms with Gasteiger partial charge in [0.1, 0.15) is 5.60 Å². The fraction of sp³-hybridized carbons (Fsp3) is 0.867. The van der Waals surface area contributed by atoms with Gasteiger partial charge in [0.2, 0.25) is 0 Å². The summed E-state index contributed by atoms with van der Waals surface area (Å²) in [5.74, 6) is 0.956. The van der Waals surface area contributed by atoms with Crippen LogP contribution in [0.2, 0.25) is 0 Å². The third-order valence-corrected chi connectivity index (χ3v) is 4.32. The number of epoxide rings is 1. The molecule has 1 aliphatic carbocycles. The van der Waals surface area contributed by atoms with Crippen molar-refractivity contribution < 1.29 is 14.6 Å². The predicted molar refractivity (Wildman–Crippen MR) is 71.4 cm³/mol. The van der Waals surface area contributed by atoms with Crippen molar-refractivity contribution in [1.29, 1.82) is 0 Å². The van der Waals surface area contributed by atoms with Crippen LogP contribution in [-0.2, 0) is 9.47 Å². The smallest absolute Gasteiger partial charge is 0.103 e. The van der Waals surface area contributed by atoms with E-state index in [4.69, 9.17) is 9.47 Å². The van der Waals surface area contributed by atoms with Crippen LogP contribution in [0.25, 0.3) is 0 Å². The molecule has 0 amide bonds. The first kappa shape index (κ1) is 14.0. The average molecular weight is 254 g/mol. The molecule has 0 aromatic rings. The van der Waals surface area contributed by atoms with Gasteiger partial charge in [0.05, 0.1) is 18.8 Å². The van der Waals surface area contributed by atoms with E-state index in [9.17, 15) is 5.11 Å². The molecule has 0 bridgehead atoms. The van der Waals surface area contributed by atoms with Crippen molar-refractivity contribution >= 4 is 0 Å². The van der Waals surface area contributed by atoms with Gasteiger partial charge in [-0.15, -0.1) is 0 Å². The molecule has 0 aromatic heterocycles. The Morgan fingerprint density at radius 3 is 2.72 bits per heavy atom. The van der Waals surface area contributed by atoms with Crippen molar-refractivity contribution in [2.75, 3.05) is 13.7 Å². The third-order valence-electron chi connectivity index (χ3n) is 4.32. The normalized spacial score (nSPS) is 39.9. The van der Waals surface area contributed by atoms with Crippen molar-refractivity contribution in [1.82, 2.24) is 0 Å². The molecule has 0 aromatic carbocycles. The molecule has 1 saturated carbocycles. The van der Waals surface area contributed by atoms with Gasteiger partial charge in [0.25, 0.3) is 0 Å². The van der Waals surface area contributed by atoms with Crippen LogP contribution in [0.15, 0.2) is 11.6 Å². The molecule has 1 N–H and O–H groups in total. The number of rotatable bonds is 5. The van der Waals surface area contributed by atoms with Crippen LogP contribution < -0.4 is 0 Å². The maximum atomic E-state index is 10.1. The van der Waals surface area contributed by atoms with E-state index in [1.165, 1.54) is 12.0 Å². The minimum absolute atomic E-state index is 0.109. The lowest BCUT2D eigenvalue weighted by Crippen LogP contribution is -2.31. The number of allylic oxidation sites excluding steroid dienone is 1. The first-order valence-electron chi connectivity index (χ1n) is 7.01. The molecule has 4 atom stereocenters. The zero-order valence-electron chi connectivity index (χ0n) is 12.0. The summed E-state index contributed by atoms with van der Waals surface area (Å²) in [5, 5.41) is 10.1. The van der Waals surface area contributed by atoms with Gasteiger partial charge < -0.3 is 14.6 Å². The van der Waals surface area contributed by atoms with Gasteiger partial charge in [0, 0.05) is 19.4 Å². The number of methoxy groups -OCH3 is 1. The van der Waals surface area contributed by atoms with Crippen molar-refractivity contribution in [3.8, 4) is 0 Å². The summed E-state index contributed by atoms with van der Waals surface area (Å²) in [6, 6.07) is 0. The van der Waals surface area contributed by atoms with Crippen molar-refractivity contribution in [3.05, 3.63) is 11.6 Å². The molecule has 2 rings (SSSR count). The SMILES string of the molecule is CO[C@@H]1[C@H](O)C[C@]2(CO2)[C@H]1/C(C)=C/CCC(C)C. The van der Waals surface area contributed by atoms with Gasteiger partial charge in [-0.1, -0.05) is 25.5 Å². The minimum atomic E-state index is -0.393. The Bertz CT molecular complexity index is 318. The van der Waals surface area contributed by atoms with E-state index >= 15 is 0 Å². The third kappa shape index (κ3) is 2.63. The van der Waals surface area contributed by atoms with E-state index in [0.717, 1.165) is 18.9 Å². The Balaban J connectivity index is 2.05. The number of hydrogen-bond acceptors (Lipinski definition) is 3. The van der Waals surface area contributed by atoms with Crippen LogP contribution in [0.5, 0.6) is 0 Å². The summed E-state index contributed by atoms with van der Waals surface area (Å²) >= 11 is 0. The van der Waals surface area contributed by atoms with E-state index in [0.29, 0.717) is 6.42 Å². The highest BCUT2D eigenvalue weighted by molar-refractivity contribution is 5.23. The second kappa shape index (κ2) is 5.32. The van der Waals surface area contributed by atoms with Gasteiger partial charge in [-0.25, -0.2) is 0 Å². The van der Waals surface area contributed by atoms with Gasteiger partial charge in [-0.05, 0) is 25.7 Å². The highest BCUT2D eigenvalue weighted by Crippen LogP contribution is 2.52. The van der Waals surface area contributed by atoms with Crippen LogP contribution in [0.4, 0.5) is 0 Å². The van der Waals surface area contributed by atoms with E-state index in [2.05, 4.69) is 26.8 Å². The van der Waals surface area contributed by atoms with E-state index in [-0.39, 0.29) is 17.6 Å². The molecule has 3 nitrogen and oxygen atoms in total. The molecule has 2 aliphatic rings. The van der Waals surface area contributed by atoms with Gasteiger partial charge in [-0.3, -0.25) is 0 Å². The molecule has 1 heterocycles. The van der Waals surface area contributed by atoms with Crippen molar-refractivity contribution in [3.63, 3.8) is 0 Å². The highest BCUT2D eigenvalue weighted by atomic mass is 16.6. The predicted octanol–water partition coefficient (Wildman–Crippen LogP) is 2.53. The summed E-state index contributed by atoms with van der Waals surface area (Å²) in [6.45, 7) is 7.40. The molecule has 3 heteroatoms. The fourth-order valence-corrected chi connectivity index (χ4v) is 3.25. The maximum Gasteiger partial charge on any atom is 0.103 e. The first-order chi connectivity index (χ1) is 8.50. The summed E-state index contributed by atoms with van der Waals surface area (Å²) in [5.41, 5.74) is 1.19.